The first-order chi connectivity index (χ1) is 11.8. The number of tetrazole rings is 1. The fourth-order valence-electron chi connectivity index (χ4n) is 2.71. The summed E-state index contributed by atoms with van der Waals surface area (Å²) in [5, 5.41) is 13.0. The van der Waals surface area contributed by atoms with Gasteiger partial charge in [0.25, 0.3) is 0 Å². The lowest BCUT2D eigenvalue weighted by atomic mass is 9.87. The number of hydrogen-bond donors (Lipinski definition) is 0. The fourth-order valence-corrected chi connectivity index (χ4v) is 3.55. The lowest BCUT2D eigenvalue weighted by molar-refractivity contribution is 0.590. The maximum absolute atomic E-state index is 4.19. The lowest BCUT2D eigenvalue weighted by Gasteiger charge is -2.19. The van der Waals surface area contributed by atoms with E-state index in [0.717, 1.165) is 16.6 Å². The molecule has 0 spiro atoms. The van der Waals surface area contributed by atoms with Gasteiger partial charge in [-0.25, -0.2) is 0 Å². The van der Waals surface area contributed by atoms with Gasteiger partial charge in [0.05, 0.1) is 5.69 Å². The standard InChI is InChI=1S/C20H24N4S/c1-14-6-11-18(15(2)12-14)24-19(21-22-23-24)25-13-16-7-9-17(10-8-16)20(3,4)5/h6-12H,13H2,1-5H3. The quantitative estimate of drug-likeness (QED) is 0.628. The second kappa shape index (κ2) is 7.00. The third kappa shape index (κ3) is 4.10. The first-order valence-electron chi connectivity index (χ1n) is 8.43. The monoisotopic (exact) mass is 352 g/mol. The lowest BCUT2D eigenvalue weighted by Crippen LogP contribution is -2.10. The predicted molar refractivity (Wildman–Crippen MR) is 103 cm³/mol. The van der Waals surface area contributed by atoms with E-state index in [1.165, 1.54) is 22.3 Å². The second-order valence-electron chi connectivity index (χ2n) is 7.40. The molecule has 0 atom stereocenters. The van der Waals surface area contributed by atoms with E-state index in [9.17, 15) is 0 Å². The van der Waals surface area contributed by atoms with Crippen LogP contribution in [0.25, 0.3) is 5.69 Å². The van der Waals surface area contributed by atoms with Crippen molar-refractivity contribution in [1.29, 1.82) is 0 Å². The van der Waals surface area contributed by atoms with Gasteiger partial charge in [-0.05, 0) is 52.4 Å². The van der Waals surface area contributed by atoms with Crippen LogP contribution in [-0.4, -0.2) is 20.2 Å². The average molecular weight is 353 g/mol. The van der Waals surface area contributed by atoms with Gasteiger partial charge in [-0.15, -0.1) is 5.10 Å². The topological polar surface area (TPSA) is 43.6 Å². The maximum atomic E-state index is 4.19. The predicted octanol–water partition coefficient (Wildman–Crippen LogP) is 4.87. The van der Waals surface area contributed by atoms with Crippen molar-refractivity contribution >= 4 is 11.8 Å². The average Bonchev–Trinajstić information content (AvgIpc) is 3.01. The molecule has 5 heteroatoms. The molecule has 1 heterocycles. The first kappa shape index (κ1) is 17.7. The van der Waals surface area contributed by atoms with Gasteiger partial charge in [-0.3, -0.25) is 0 Å². The number of thioether (sulfide) groups is 1. The highest BCUT2D eigenvalue weighted by Crippen LogP contribution is 2.26. The summed E-state index contributed by atoms with van der Waals surface area (Å²) < 4.78 is 1.82. The van der Waals surface area contributed by atoms with Crippen molar-refractivity contribution in [2.45, 2.75) is 50.9 Å². The molecule has 0 amide bonds. The number of hydrogen-bond acceptors (Lipinski definition) is 4. The van der Waals surface area contributed by atoms with E-state index in [0.29, 0.717) is 0 Å². The Kier molecular flexibility index (Phi) is 4.95. The van der Waals surface area contributed by atoms with Gasteiger partial charge in [0.2, 0.25) is 5.16 Å². The van der Waals surface area contributed by atoms with Gasteiger partial charge in [0, 0.05) is 5.75 Å². The van der Waals surface area contributed by atoms with Crippen molar-refractivity contribution in [3.8, 4) is 5.69 Å². The molecule has 25 heavy (non-hydrogen) atoms. The van der Waals surface area contributed by atoms with Crippen LogP contribution >= 0.6 is 11.8 Å². The second-order valence-corrected chi connectivity index (χ2v) is 8.34. The summed E-state index contributed by atoms with van der Waals surface area (Å²) in [5.41, 5.74) is 6.24. The Morgan fingerprint density at radius 3 is 2.36 bits per heavy atom. The molecule has 0 radical (unpaired) electrons. The molecule has 3 aromatic rings. The van der Waals surface area contributed by atoms with Gasteiger partial charge >= 0.3 is 0 Å². The van der Waals surface area contributed by atoms with Gasteiger partial charge in [-0.1, -0.05) is 74.5 Å². The van der Waals surface area contributed by atoms with Crippen molar-refractivity contribution in [2.75, 3.05) is 0 Å². The van der Waals surface area contributed by atoms with Crippen LogP contribution in [0.4, 0.5) is 0 Å². The van der Waals surface area contributed by atoms with Crippen LogP contribution in [0.3, 0.4) is 0 Å². The molecule has 130 valence electrons. The Balaban J connectivity index is 1.76. The van der Waals surface area contributed by atoms with Gasteiger partial charge in [0.15, 0.2) is 0 Å². The van der Waals surface area contributed by atoms with E-state index < -0.39 is 0 Å². The highest BCUT2D eigenvalue weighted by atomic mass is 32.2. The normalized spacial score (nSPS) is 11.7. The Labute approximate surface area is 153 Å². The van der Waals surface area contributed by atoms with Crippen molar-refractivity contribution < 1.29 is 0 Å². The maximum Gasteiger partial charge on any atom is 0.214 e. The Morgan fingerprint density at radius 1 is 1.00 bits per heavy atom. The zero-order valence-electron chi connectivity index (χ0n) is 15.4. The zero-order valence-corrected chi connectivity index (χ0v) is 16.3. The molecule has 0 aliphatic heterocycles. The van der Waals surface area contributed by atoms with E-state index in [-0.39, 0.29) is 5.41 Å². The summed E-state index contributed by atoms with van der Waals surface area (Å²) in [4.78, 5) is 0. The van der Waals surface area contributed by atoms with Gasteiger partial charge < -0.3 is 0 Å². The van der Waals surface area contributed by atoms with Crippen molar-refractivity contribution in [1.82, 2.24) is 20.2 Å². The number of aryl methyl sites for hydroxylation is 2. The van der Waals surface area contributed by atoms with Crippen LogP contribution in [0.1, 0.15) is 43.0 Å². The Morgan fingerprint density at radius 2 is 1.72 bits per heavy atom. The van der Waals surface area contributed by atoms with Crippen LogP contribution in [-0.2, 0) is 11.2 Å². The zero-order chi connectivity index (χ0) is 18.0. The summed E-state index contributed by atoms with van der Waals surface area (Å²) in [5.74, 6) is 0.843. The van der Waals surface area contributed by atoms with Crippen molar-refractivity contribution in [2.24, 2.45) is 0 Å². The van der Waals surface area contributed by atoms with E-state index in [1.54, 1.807) is 11.8 Å². The molecule has 0 N–H and O–H groups in total. The first-order valence-corrected chi connectivity index (χ1v) is 9.41. The minimum absolute atomic E-state index is 0.179. The van der Waals surface area contributed by atoms with E-state index in [4.69, 9.17) is 0 Å². The third-order valence-corrected chi connectivity index (χ3v) is 5.20. The van der Waals surface area contributed by atoms with E-state index >= 15 is 0 Å². The van der Waals surface area contributed by atoms with Crippen LogP contribution in [0.5, 0.6) is 0 Å². The number of rotatable bonds is 4. The van der Waals surface area contributed by atoms with E-state index in [1.807, 2.05) is 4.68 Å². The largest absolute Gasteiger partial charge is 0.214 e. The number of nitrogens with zero attached hydrogens (tertiary/aromatic N) is 4. The molecular formula is C20H24N4S. The fraction of sp³-hybridized carbons (Fsp3) is 0.350. The third-order valence-electron chi connectivity index (χ3n) is 4.21. The van der Waals surface area contributed by atoms with E-state index in [2.05, 4.69) is 92.6 Å². The Bertz CT molecular complexity index is 860. The van der Waals surface area contributed by atoms with Crippen molar-refractivity contribution in [3.63, 3.8) is 0 Å². The van der Waals surface area contributed by atoms with Gasteiger partial charge in [-0.2, -0.15) is 4.68 Å². The molecule has 1 aromatic heterocycles. The molecule has 0 saturated heterocycles. The smallest absolute Gasteiger partial charge is 0.187 e. The molecule has 0 fully saturated rings. The van der Waals surface area contributed by atoms with Crippen LogP contribution in [0.2, 0.25) is 0 Å². The summed E-state index contributed by atoms with van der Waals surface area (Å²) in [6, 6.07) is 15.1. The molecule has 0 saturated carbocycles. The van der Waals surface area contributed by atoms with Crippen LogP contribution < -0.4 is 0 Å². The molecule has 0 bridgehead atoms. The Hall–Kier alpha value is -2.14. The van der Waals surface area contributed by atoms with Crippen LogP contribution in [0, 0.1) is 13.8 Å². The minimum Gasteiger partial charge on any atom is -0.187 e. The molecule has 0 unspecified atom stereocenters. The van der Waals surface area contributed by atoms with Crippen LogP contribution in [0.15, 0.2) is 47.6 Å². The number of aromatic nitrogens is 4. The highest BCUT2D eigenvalue weighted by molar-refractivity contribution is 7.98. The molecule has 0 aliphatic rings. The summed E-state index contributed by atoms with van der Waals surface area (Å²) in [6.45, 7) is 10.9. The van der Waals surface area contributed by atoms with Crippen molar-refractivity contribution in [3.05, 3.63) is 64.7 Å². The number of benzene rings is 2. The summed E-state index contributed by atoms with van der Waals surface area (Å²) >= 11 is 1.65. The highest BCUT2D eigenvalue weighted by Gasteiger charge is 2.14. The molecule has 2 aromatic carbocycles. The molecule has 0 aliphatic carbocycles. The molecular weight excluding hydrogens is 328 g/mol. The summed E-state index contributed by atoms with van der Waals surface area (Å²) in [7, 11) is 0. The molecule has 4 nitrogen and oxygen atoms in total. The SMILES string of the molecule is Cc1ccc(-n2nnnc2SCc2ccc(C(C)(C)C)cc2)c(C)c1. The minimum atomic E-state index is 0.179. The summed E-state index contributed by atoms with van der Waals surface area (Å²) in [6.07, 6.45) is 0. The van der Waals surface area contributed by atoms with Gasteiger partial charge in [0.1, 0.15) is 0 Å². The molecule has 3 rings (SSSR count).